The molecule has 1 aliphatic rings. The molecule has 1 aliphatic heterocycles. The lowest BCUT2D eigenvalue weighted by Crippen LogP contribution is -2.43. The summed E-state index contributed by atoms with van der Waals surface area (Å²) >= 11 is 12.1. The van der Waals surface area contributed by atoms with E-state index in [0.29, 0.717) is 34.4 Å². The number of nitrogens with zero attached hydrogens (tertiary/aromatic N) is 1. The van der Waals surface area contributed by atoms with Gasteiger partial charge in [0.15, 0.2) is 0 Å². The lowest BCUT2D eigenvalue weighted by Gasteiger charge is -2.31. The molecule has 1 N–H and O–H groups in total. The van der Waals surface area contributed by atoms with Crippen LogP contribution in [-0.2, 0) is 4.79 Å². The number of piperidine rings is 1. The van der Waals surface area contributed by atoms with Crippen LogP contribution in [0.5, 0.6) is 0 Å². The molecule has 0 aliphatic carbocycles. The van der Waals surface area contributed by atoms with E-state index in [1.165, 1.54) is 12.5 Å². The number of nitrogens with one attached hydrogen (secondary N) is 1. The number of hydrogen-bond donors (Lipinski definition) is 1. The van der Waals surface area contributed by atoms with Crippen LogP contribution in [-0.4, -0.2) is 29.8 Å². The number of furan rings is 1. The summed E-state index contributed by atoms with van der Waals surface area (Å²) in [5, 5.41) is 3.50. The number of carbonyl (C=O) groups excluding carboxylic acids is 2. The standard InChI is InChI=1S/C17H16Cl2N2O3/c18-13-4-1-5-14(15(13)19)20-16(22)11-3-2-7-21(9-11)17(23)12-6-8-24-10-12/h1,4-6,8,10-11H,2-3,7,9H2,(H,20,22)/t11-/m1/s1. The number of carbonyl (C=O) groups is 2. The van der Waals surface area contributed by atoms with Crippen LogP contribution in [0.4, 0.5) is 5.69 Å². The van der Waals surface area contributed by atoms with Crippen molar-refractivity contribution in [2.45, 2.75) is 12.8 Å². The maximum absolute atomic E-state index is 12.5. The van der Waals surface area contributed by atoms with Crippen molar-refractivity contribution in [2.24, 2.45) is 5.92 Å². The van der Waals surface area contributed by atoms with Crippen LogP contribution in [0.15, 0.2) is 41.2 Å². The van der Waals surface area contributed by atoms with Crippen LogP contribution in [0.1, 0.15) is 23.2 Å². The Labute approximate surface area is 149 Å². The molecule has 0 spiro atoms. The number of anilines is 1. The molecular formula is C17H16Cl2N2O3. The third-order valence-corrected chi connectivity index (χ3v) is 4.88. The first-order valence-corrected chi connectivity index (χ1v) is 8.38. The molecule has 5 nitrogen and oxygen atoms in total. The maximum Gasteiger partial charge on any atom is 0.257 e. The predicted molar refractivity (Wildman–Crippen MR) is 92.4 cm³/mol. The SMILES string of the molecule is O=C(Nc1cccc(Cl)c1Cl)[C@@H]1CCCN(C(=O)c2ccoc2)C1. The monoisotopic (exact) mass is 366 g/mol. The van der Waals surface area contributed by atoms with Crippen molar-refractivity contribution in [3.8, 4) is 0 Å². The van der Waals surface area contributed by atoms with E-state index >= 15 is 0 Å². The molecule has 2 aromatic rings. The number of halogens is 2. The molecule has 0 radical (unpaired) electrons. The normalized spacial score (nSPS) is 17.6. The first-order valence-electron chi connectivity index (χ1n) is 7.62. The van der Waals surface area contributed by atoms with Crippen molar-refractivity contribution in [2.75, 3.05) is 18.4 Å². The molecule has 0 bridgehead atoms. The molecular weight excluding hydrogens is 351 g/mol. The lowest BCUT2D eigenvalue weighted by molar-refractivity contribution is -0.121. The van der Waals surface area contributed by atoms with E-state index in [2.05, 4.69) is 5.32 Å². The Bertz CT molecular complexity index is 746. The van der Waals surface area contributed by atoms with Crippen molar-refractivity contribution >= 4 is 40.7 Å². The van der Waals surface area contributed by atoms with Gasteiger partial charge in [0, 0.05) is 13.1 Å². The molecule has 24 heavy (non-hydrogen) atoms. The van der Waals surface area contributed by atoms with Gasteiger partial charge in [-0.15, -0.1) is 0 Å². The summed E-state index contributed by atoms with van der Waals surface area (Å²) in [7, 11) is 0. The maximum atomic E-state index is 12.5. The van der Waals surface area contributed by atoms with Crippen LogP contribution >= 0.6 is 23.2 Å². The van der Waals surface area contributed by atoms with Gasteiger partial charge >= 0.3 is 0 Å². The minimum absolute atomic E-state index is 0.123. The number of likely N-dealkylation sites (tertiary alicyclic amines) is 1. The van der Waals surface area contributed by atoms with Crippen LogP contribution < -0.4 is 5.32 Å². The molecule has 3 rings (SSSR count). The minimum Gasteiger partial charge on any atom is -0.472 e. The molecule has 1 aromatic heterocycles. The molecule has 2 amide bonds. The number of hydrogen-bond acceptors (Lipinski definition) is 3. The van der Waals surface area contributed by atoms with Crippen molar-refractivity contribution in [1.29, 1.82) is 0 Å². The van der Waals surface area contributed by atoms with Gasteiger partial charge in [0.1, 0.15) is 6.26 Å². The zero-order valence-corrected chi connectivity index (χ0v) is 14.3. The van der Waals surface area contributed by atoms with Crippen molar-refractivity contribution in [1.82, 2.24) is 4.90 Å². The minimum atomic E-state index is -0.287. The van der Waals surface area contributed by atoms with Crippen molar-refractivity contribution in [3.05, 3.63) is 52.4 Å². The highest BCUT2D eigenvalue weighted by molar-refractivity contribution is 6.44. The smallest absolute Gasteiger partial charge is 0.257 e. The van der Waals surface area contributed by atoms with Crippen molar-refractivity contribution < 1.29 is 14.0 Å². The van der Waals surface area contributed by atoms with E-state index in [1.807, 2.05) is 0 Å². The summed E-state index contributed by atoms with van der Waals surface area (Å²) in [6, 6.07) is 6.70. The van der Waals surface area contributed by atoms with Gasteiger partial charge in [-0.05, 0) is 31.0 Å². The molecule has 2 heterocycles. The Morgan fingerprint density at radius 1 is 1.25 bits per heavy atom. The van der Waals surface area contributed by atoms with Gasteiger partial charge in [-0.2, -0.15) is 0 Å². The largest absolute Gasteiger partial charge is 0.472 e. The second-order valence-electron chi connectivity index (χ2n) is 5.69. The summed E-state index contributed by atoms with van der Waals surface area (Å²) in [5.74, 6) is -0.574. The highest BCUT2D eigenvalue weighted by Crippen LogP contribution is 2.30. The van der Waals surface area contributed by atoms with Gasteiger partial charge in [0.25, 0.3) is 5.91 Å². The molecule has 1 saturated heterocycles. The van der Waals surface area contributed by atoms with E-state index in [0.717, 1.165) is 12.8 Å². The van der Waals surface area contributed by atoms with E-state index in [9.17, 15) is 9.59 Å². The number of rotatable bonds is 3. The van der Waals surface area contributed by atoms with Gasteiger partial charge < -0.3 is 14.6 Å². The first-order chi connectivity index (χ1) is 11.6. The van der Waals surface area contributed by atoms with Gasteiger partial charge in [0.05, 0.1) is 33.5 Å². The third-order valence-electron chi connectivity index (χ3n) is 4.06. The van der Waals surface area contributed by atoms with Crippen molar-refractivity contribution in [3.63, 3.8) is 0 Å². The molecule has 1 fully saturated rings. The second kappa shape index (κ2) is 7.28. The topological polar surface area (TPSA) is 62.6 Å². The molecule has 0 unspecified atom stereocenters. The summed E-state index contributed by atoms with van der Waals surface area (Å²) in [6.07, 6.45) is 4.37. The Morgan fingerprint density at radius 3 is 2.83 bits per heavy atom. The third kappa shape index (κ3) is 3.57. The Balaban J connectivity index is 1.67. The van der Waals surface area contributed by atoms with E-state index < -0.39 is 0 Å². The summed E-state index contributed by atoms with van der Waals surface area (Å²) < 4.78 is 4.95. The van der Waals surface area contributed by atoms with Crippen LogP contribution in [0, 0.1) is 5.92 Å². The average molecular weight is 367 g/mol. The fraction of sp³-hybridized carbons (Fsp3) is 0.294. The Hall–Kier alpha value is -1.98. The van der Waals surface area contributed by atoms with Crippen LogP contribution in [0.3, 0.4) is 0 Å². The molecule has 0 saturated carbocycles. The van der Waals surface area contributed by atoms with Crippen LogP contribution in [0.2, 0.25) is 10.0 Å². The van der Waals surface area contributed by atoms with Crippen LogP contribution in [0.25, 0.3) is 0 Å². The van der Waals surface area contributed by atoms with Gasteiger partial charge in [0.2, 0.25) is 5.91 Å². The predicted octanol–water partition coefficient (Wildman–Crippen LogP) is 4.08. The zero-order chi connectivity index (χ0) is 17.1. The highest BCUT2D eigenvalue weighted by Gasteiger charge is 2.29. The highest BCUT2D eigenvalue weighted by atomic mass is 35.5. The van der Waals surface area contributed by atoms with E-state index in [-0.39, 0.29) is 17.7 Å². The quantitative estimate of drug-likeness (QED) is 0.889. The second-order valence-corrected chi connectivity index (χ2v) is 6.48. The Kier molecular flexibility index (Phi) is 5.11. The van der Waals surface area contributed by atoms with E-state index in [4.69, 9.17) is 27.6 Å². The molecule has 126 valence electrons. The first kappa shape index (κ1) is 16.9. The molecule has 1 aromatic carbocycles. The fourth-order valence-corrected chi connectivity index (χ4v) is 3.13. The fourth-order valence-electron chi connectivity index (χ4n) is 2.78. The number of benzene rings is 1. The van der Waals surface area contributed by atoms with E-state index in [1.54, 1.807) is 29.2 Å². The van der Waals surface area contributed by atoms with Gasteiger partial charge in [-0.3, -0.25) is 9.59 Å². The molecule has 1 atom stereocenters. The summed E-state index contributed by atoms with van der Waals surface area (Å²) in [6.45, 7) is 1.000. The summed E-state index contributed by atoms with van der Waals surface area (Å²) in [4.78, 5) is 26.6. The van der Waals surface area contributed by atoms with Gasteiger partial charge in [-0.25, -0.2) is 0 Å². The summed E-state index contributed by atoms with van der Waals surface area (Å²) in [5.41, 5.74) is 0.974. The lowest BCUT2D eigenvalue weighted by atomic mass is 9.96. The molecule has 7 heteroatoms. The Morgan fingerprint density at radius 2 is 2.08 bits per heavy atom. The zero-order valence-electron chi connectivity index (χ0n) is 12.8. The average Bonchev–Trinajstić information content (AvgIpc) is 3.13. The number of amides is 2. The van der Waals surface area contributed by atoms with Gasteiger partial charge in [-0.1, -0.05) is 29.3 Å².